The summed E-state index contributed by atoms with van der Waals surface area (Å²) in [5, 5.41) is 5.98. The number of benzene rings is 2. The van der Waals surface area contributed by atoms with Crippen LogP contribution in [0.3, 0.4) is 0 Å². The van der Waals surface area contributed by atoms with Crippen LogP contribution in [0, 0.1) is 11.7 Å². The molecule has 0 spiro atoms. The van der Waals surface area contributed by atoms with Crippen LogP contribution in [0.2, 0.25) is 0 Å². The summed E-state index contributed by atoms with van der Waals surface area (Å²) in [4.78, 5) is 59.7. The predicted molar refractivity (Wildman–Crippen MR) is 164 cm³/mol. The lowest BCUT2D eigenvalue weighted by Crippen LogP contribution is -2.55. The monoisotopic (exact) mass is 607 g/mol. The SMILES string of the molecule is CC(C)[C@@H]1CN(C(=O)c2ccccc2N2CCOCC2)CC(=O)NCCCc2ccc(F)c(c2)C(=O)N2CCC[C@H]2C(=O)N1. The van der Waals surface area contributed by atoms with E-state index in [1.165, 1.54) is 15.9 Å². The number of rotatable bonds is 3. The maximum absolute atomic E-state index is 14.8. The zero-order chi connectivity index (χ0) is 31.2. The fourth-order valence-electron chi connectivity index (χ4n) is 6.14. The molecule has 5 rings (SSSR count). The lowest BCUT2D eigenvalue weighted by atomic mass is 10.0. The molecular weight excluding hydrogens is 565 g/mol. The molecule has 3 aliphatic rings. The maximum atomic E-state index is 14.8. The van der Waals surface area contributed by atoms with Crippen LogP contribution in [0.15, 0.2) is 42.5 Å². The Morgan fingerprint density at radius 2 is 1.80 bits per heavy atom. The topological polar surface area (TPSA) is 111 Å². The van der Waals surface area contributed by atoms with Gasteiger partial charge in [0, 0.05) is 44.5 Å². The Kier molecular flexibility index (Phi) is 10.1. The summed E-state index contributed by atoms with van der Waals surface area (Å²) in [7, 11) is 0. The molecule has 0 saturated carbocycles. The number of amides is 4. The molecular formula is C33H42FN5O5. The number of nitrogens with one attached hydrogen (secondary N) is 2. The Morgan fingerprint density at radius 3 is 2.57 bits per heavy atom. The van der Waals surface area contributed by atoms with E-state index in [1.54, 1.807) is 18.2 Å². The van der Waals surface area contributed by atoms with Gasteiger partial charge in [0.25, 0.3) is 11.8 Å². The molecule has 0 aliphatic carbocycles. The molecule has 3 aliphatic heterocycles. The third-order valence-electron chi connectivity index (χ3n) is 8.70. The summed E-state index contributed by atoms with van der Waals surface area (Å²) in [6.45, 7) is 6.94. The van der Waals surface area contributed by atoms with Crippen molar-refractivity contribution in [2.45, 2.75) is 51.6 Å². The molecule has 3 heterocycles. The van der Waals surface area contributed by atoms with Gasteiger partial charge in [-0.25, -0.2) is 4.39 Å². The van der Waals surface area contributed by atoms with Crippen LogP contribution >= 0.6 is 0 Å². The van der Waals surface area contributed by atoms with Crippen LogP contribution in [0.25, 0.3) is 0 Å². The van der Waals surface area contributed by atoms with Gasteiger partial charge in [-0.1, -0.05) is 32.0 Å². The van der Waals surface area contributed by atoms with Gasteiger partial charge in [0.15, 0.2) is 0 Å². The van der Waals surface area contributed by atoms with Crippen molar-refractivity contribution in [1.29, 1.82) is 0 Å². The van der Waals surface area contributed by atoms with E-state index in [4.69, 9.17) is 4.74 Å². The number of aryl methyl sites for hydroxylation is 1. The molecule has 2 N–H and O–H groups in total. The number of morpholine rings is 1. The smallest absolute Gasteiger partial charge is 0.257 e. The zero-order valence-corrected chi connectivity index (χ0v) is 25.5. The fraction of sp³-hybridized carbons (Fsp3) is 0.515. The molecule has 4 amide bonds. The molecule has 2 atom stereocenters. The number of ether oxygens (including phenoxy) is 1. The molecule has 2 fully saturated rings. The first kappa shape index (κ1) is 31.4. The summed E-state index contributed by atoms with van der Waals surface area (Å²) >= 11 is 0. The summed E-state index contributed by atoms with van der Waals surface area (Å²) in [5.41, 5.74) is 1.98. The summed E-state index contributed by atoms with van der Waals surface area (Å²) in [6, 6.07) is 10.6. The van der Waals surface area contributed by atoms with Gasteiger partial charge in [0.1, 0.15) is 11.9 Å². The molecule has 44 heavy (non-hydrogen) atoms. The Bertz CT molecular complexity index is 1380. The van der Waals surface area contributed by atoms with Gasteiger partial charge >= 0.3 is 0 Å². The number of hydrogen-bond donors (Lipinski definition) is 2. The first-order valence-corrected chi connectivity index (χ1v) is 15.6. The van der Waals surface area contributed by atoms with E-state index < -0.39 is 23.8 Å². The first-order valence-electron chi connectivity index (χ1n) is 15.6. The molecule has 0 radical (unpaired) electrons. The van der Waals surface area contributed by atoms with Crippen molar-refractivity contribution in [3.8, 4) is 0 Å². The third-order valence-corrected chi connectivity index (χ3v) is 8.70. The Labute approximate surface area is 257 Å². The van der Waals surface area contributed by atoms with Crippen LogP contribution in [0.5, 0.6) is 0 Å². The maximum Gasteiger partial charge on any atom is 0.257 e. The summed E-state index contributed by atoms with van der Waals surface area (Å²) < 4.78 is 20.3. The predicted octanol–water partition coefficient (Wildman–Crippen LogP) is 2.61. The molecule has 2 saturated heterocycles. The summed E-state index contributed by atoms with van der Waals surface area (Å²) in [5.74, 6) is -2.17. The van der Waals surface area contributed by atoms with E-state index in [0.29, 0.717) is 70.6 Å². The highest BCUT2D eigenvalue weighted by molar-refractivity contribution is 6.01. The van der Waals surface area contributed by atoms with Crippen molar-refractivity contribution in [2.24, 2.45) is 5.92 Å². The number of carbonyl (C=O) groups is 4. The van der Waals surface area contributed by atoms with E-state index in [1.807, 2.05) is 32.0 Å². The molecule has 236 valence electrons. The van der Waals surface area contributed by atoms with Gasteiger partial charge in [0.2, 0.25) is 11.8 Å². The Balaban J connectivity index is 1.45. The molecule has 2 aromatic carbocycles. The highest BCUT2D eigenvalue weighted by atomic mass is 19.1. The number of halogens is 1. The lowest BCUT2D eigenvalue weighted by Gasteiger charge is -2.34. The second-order valence-corrected chi connectivity index (χ2v) is 12.1. The van der Waals surface area contributed by atoms with Crippen LogP contribution < -0.4 is 15.5 Å². The number of fused-ring (bicyclic) bond motifs is 3. The van der Waals surface area contributed by atoms with Crippen molar-refractivity contribution >= 4 is 29.3 Å². The Hall–Kier alpha value is -3.99. The van der Waals surface area contributed by atoms with Gasteiger partial charge in [0.05, 0.1) is 30.9 Å². The molecule has 2 aromatic rings. The van der Waals surface area contributed by atoms with Gasteiger partial charge in [-0.3, -0.25) is 19.2 Å². The lowest BCUT2D eigenvalue weighted by molar-refractivity contribution is -0.126. The molecule has 11 heteroatoms. The standard InChI is InChI=1S/C33H42FN5O5/c1-22(2)27-20-38(32(42)24-8-3-4-9-28(24)37-15-17-44-18-16-37)21-30(40)35-13-5-7-23-11-12-26(34)25(19-23)33(43)39-14-6-10-29(39)31(41)36-27/h3-4,8-9,11-12,19,22,27,29H,5-7,10,13-18,20-21H2,1-2H3,(H,35,40)(H,36,41)/t27-,29-/m0/s1. The number of hydrogen-bond acceptors (Lipinski definition) is 6. The average Bonchev–Trinajstić information content (AvgIpc) is 3.53. The first-order chi connectivity index (χ1) is 21.2. The second-order valence-electron chi connectivity index (χ2n) is 12.1. The Morgan fingerprint density at radius 1 is 1.02 bits per heavy atom. The number of nitrogens with zero attached hydrogens (tertiary/aromatic N) is 3. The van der Waals surface area contributed by atoms with Crippen LogP contribution in [-0.4, -0.2) is 98.0 Å². The minimum absolute atomic E-state index is 0.0494. The van der Waals surface area contributed by atoms with E-state index in [9.17, 15) is 23.6 Å². The van der Waals surface area contributed by atoms with E-state index >= 15 is 0 Å². The average molecular weight is 608 g/mol. The minimum atomic E-state index is -0.753. The largest absolute Gasteiger partial charge is 0.378 e. The number of carbonyl (C=O) groups excluding carboxylic acids is 4. The van der Waals surface area contributed by atoms with Crippen molar-refractivity contribution < 1.29 is 28.3 Å². The third kappa shape index (κ3) is 7.20. The van der Waals surface area contributed by atoms with Gasteiger partial charge < -0.3 is 30.1 Å². The van der Waals surface area contributed by atoms with Gasteiger partial charge in [-0.05, 0) is 61.4 Å². The van der Waals surface area contributed by atoms with Crippen LogP contribution in [0.4, 0.5) is 10.1 Å². The van der Waals surface area contributed by atoms with Crippen molar-refractivity contribution in [3.63, 3.8) is 0 Å². The van der Waals surface area contributed by atoms with E-state index in [2.05, 4.69) is 15.5 Å². The van der Waals surface area contributed by atoms with Gasteiger partial charge in [-0.15, -0.1) is 0 Å². The quantitative estimate of drug-likeness (QED) is 0.555. The van der Waals surface area contributed by atoms with Crippen molar-refractivity contribution in [3.05, 3.63) is 65.0 Å². The van der Waals surface area contributed by atoms with E-state index in [-0.39, 0.29) is 42.3 Å². The highest BCUT2D eigenvalue weighted by Gasteiger charge is 2.37. The molecule has 10 nitrogen and oxygen atoms in total. The van der Waals surface area contributed by atoms with Crippen molar-refractivity contribution in [2.75, 3.05) is 57.4 Å². The number of para-hydroxylation sites is 1. The molecule has 0 unspecified atom stereocenters. The van der Waals surface area contributed by atoms with Crippen LogP contribution in [0.1, 0.15) is 59.4 Å². The molecule has 2 bridgehead atoms. The van der Waals surface area contributed by atoms with Crippen LogP contribution in [-0.2, 0) is 20.7 Å². The fourth-order valence-corrected chi connectivity index (χ4v) is 6.14. The summed E-state index contributed by atoms with van der Waals surface area (Å²) in [6.07, 6.45) is 2.18. The van der Waals surface area contributed by atoms with Gasteiger partial charge in [-0.2, -0.15) is 0 Å². The molecule has 0 aromatic heterocycles. The minimum Gasteiger partial charge on any atom is -0.378 e. The second kappa shape index (κ2) is 14.2. The normalized spacial score (nSPS) is 22.4. The highest BCUT2D eigenvalue weighted by Crippen LogP contribution is 2.25. The van der Waals surface area contributed by atoms with E-state index in [0.717, 1.165) is 11.3 Å². The zero-order valence-electron chi connectivity index (χ0n) is 25.5. The van der Waals surface area contributed by atoms with Crippen molar-refractivity contribution in [1.82, 2.24) is 20.4 Å². The number of anilines is 1.